The van der Waals surface area contributed by atoms with Crippen LogP contribution in [0.5, 0.6) is 0 Å². The lowest BCUT2D eigenvalue weighted by Gasteiger charge is -2.27. The van der Waals surface area contributed by atoms with Gasteiger partial charge in [-0.25, -0.2) is 0 Å². The van der Waals surface area contributed by atoms with Gasteiger partial charge >= 0.3 is 7.60 Å². The van der Waals surface area contributed by atoms with Crippen molar-refractivity contribution in [1.82, 2.24) is 0 Å². The zero-order valence-electron chi connectivity index (χ0n) is 8.38. The van der Waals surface area contributed by atoms with E-state index < -0.39 is 19.4 Å². The first-order valence-corrected chi connectivity index (χ1v) is 6.67. The van der Waals surface area contributed by atoms with Crippen LogP contribution in [-0.4, -0.2) is 27.6 Å². The maximum absolute atomic E-state index is 10.9. The predicted octanol–water partition coefficient (Wildman–Crippen LogP) is 0.664. The molecule has 0 aliphatic heterocycles. The highest BCUT2D eigenvalue weighted by molar-refractivity contribution is 7.51. The van der Waals surface area contributed by atoms with Crippen molar-refractivity contribution < 1.29 is 19.5 Å². The van der Waals surface area contributed by atoms with E-state index in [0.717, 1.165) is 0 Å². The summed E-state index contributed by atoms with van der Waals surface area (Å²) in [5.74, 6) is 0. The van der Waals surface area contributed by atoms with Crippen molar-refractivity contribution >= 4 is 19.2 Å². The highest BCUT2D eigenvalue weighted by atomic mass is 35.5. The number of halogens is 1. The first-order valence-electron chi connectivity index (χ1n) is 4.50. The zero-order valence-corrected chi connectivity index (χ0v) is 10.0. The number of hydrogen-bond acceptors (Lipinski definition) is 3. The zero-order chi connectivity index (χ0) is 12.4. The quantitative estimate of drug-likeness (QED) is 0.599. The molecule has 7 heteroatoms. The van der Waals surface area contributed by atoms with Crippen LogP contribution >= 0.6 is 19.2 Å². The van der Waals surface area contributed by atoms with Crippen LogP contribution in [0.15, 0.2) is 24.3 Å². The number of benzene rings is 1. The summed E-state index contributed by atoms with van der Waals surface area (Å²) < 4.78 is 10.9. The molecule has 0 saturated carbocycles. The Morgan fingerprint density at radius 1 is 1.31 bits per heavy atom. The maximum atomic E-state index is 10.9. The van der Waals surface area contributed by atoms with Gasteiger partial charge < -0.3 is 20.6 Å². The first-order chi connectivity index (χ1) is 7.27. The fourth-order valence-electron chi connectivity index (χ4n) is 1.37. The summed E-state index contributed by atoms with van der Waals surface area (Å²) in [4.78, 5) is 17.7. The van der Waals surface area contributed by atoms with Gasteiger partial charge in [-0.3, -0.25) is 4.57 Å². The largest absolute Gasteiger partial charge is 0.383 e. The van der Waals surface area contributed by atoms with E-state index in [-0.39, 0.29) is 6.54 Å². The Labute approximate surface area is 98.0 Å². The minimum atomic E-state index is -4.34. The third-order valence-corrected chi connectivity index (χ3v) is 3.37. The summed E-state index contributed by atoms with van der Waals surface area (Å²) in [6, 6.07) is 6.03. The highest BCUT2D eigenvalue weighted by Gasteiger charge is 2.35. The molecule has 5 N–H and O–H groups in total. The second kappa shape index (κ2) is 4.84. The Morgan fingerprint density at radius 2 is 1.81 bits per heavy atom. The molecule has 0 bridgehead atoms. The fourth-order valence-corrected chi connectivity index (χ4v) is 2.49. The molecule has 0 saturated heterocycles. The van der Waals surface area contributed by atoms with Crippen molar-refractivity contribution in [2.24, 2.45) is 5.73 Å². The molecule has 90 valence electrons. The van der Waals surface area contributed by atoms with E-state index in [1.165, 1.54) is 24.3 Å². The molecule has 0 fully saturated rings. The maximum Gasteiger partial charge on any atom is 0.328 e. The lowest BCUT2D eigenvalue weighted by Crippen LogP contribution is -2.38. The lowest BCUT2D eigenvalue weighted by molar-refractivity contribution is 0.0649. The molecule has 0 radical (unpaired) electrons. The summed E-state index contributed by atoms with van der Waals surface area (Å²) in [6.07, 6.45) is -0.710. The molecule has 0 spiro atoms. The normalized spacial score (nSPS) is 15.8. The molecule has 0 aliphatic rings. The van der Waals surface area contributed by atoms with Crippen LogP contribution in [-0.2, 0) is 10.2 Å². The molecule has 1 aromatic rings. The Bertz CT molecular complexity index is 404. The Morgan fingerprint density at radius 3 is 2.19 bits per heavy atom. The van der Waals surface area contributed by atoms with E-state index in [2.05, 4.69) is 0 Å². The minimum absolute atomic E-state index is 0.278. The molecule has 16 heavy (non-hydrogen) atoms. The lowest BCUT2D eigenvalue weighted by atomic mass is 9.96. The molecule has 0 aromatic heterocycles. The van der Waals surface area contributed by atoms with Crippen molar-refractivity contribution in [2.75, 3.05) is 12.7 Å². The van der Waals surface area contributed by atoms with Gasteiger partial charge in [0.25, 0.3) is 0 Å². The molecule has 0 amide bonds. The van der Waals surface area contributed by atoms with E-state index in [4.69, 9.17) is 27.1 Å². The van der Waals surface area contributed by atoms with Gasteiger partial charge in [0.05, 0.1) is 6.16 Å². The topological polar surface area (TPSA) is 104 Å². The Hall–Kier alpha value is -0.420. The Balaban J connectivity index is 3.05. The molecule has 1 rings (SSSR count). The van der Waals surface area contributed by atoms with Crippen LogP contribution in [0.3, 0.4) is 0 Å². The first kappa shape index (κ1) is 13.6. The van der Waals surface area contributed by atoms with E-state index >= 15 is 0 Å². The standard InChI is InChI=1S/C9H13ClNO4P/c10-8-3-1-7(2-4-8)9(12,5-11)6-16(13,14)15/h1-4,12H,5-6,11H2,(H2,13,14,15). The summed E-state index contributed by atoms with van der Waals surface area (Å²) >= 11 is 5.67. The SMILES string of the molecule is NCC(O)(CP(=O)(O)O)c1ccc(Cl)cc1. The van der Waals surface area contributed by atoms with Crippen LogP contribution in [0.1, 0.15) is 5.56 Å². The van der Waals surface area contributed by atoms with E-state index in [9.17, 15) is 9.67 Å². The van der Waals surface area contributed by atoms with Gasteiger partial charge in [0.15, 0.2) is 0 Å². The van der Waals surface area contributed by atoms with E-state index in [1.807, 2.05) is 0 Å². The smallest absolute Gasteiger partial charge is 0.328 e. The third kappa shape index (κ3) is 3.56. The molecule has 5 nitrogen and oxygen atoms in total. The third-order valence-electron chi connectivity index (χ3n) is 2.19. The molecule has 0 aliphatic carbocycles. The summed E-state index contributed by atoms with van der Waals surface area (Å²) in [7, 11) is -4.34. The number of aliphatic hydroxyl groups is 1. The van der Waals surface area contributed by atoms with Crippen LogP contribution in [0.2, 0.25) is 5.02 Å². The van der Waals surface area contributed by atoms with Gasteiger partial charge in [0, 0.05) is 11.6 Å². The summed E-state index contributed by atoms with van der Waals surface area (Å²) in [5.41, 5.74) is 3.96. The van der Waals surface area contributed by atoms with Gasteiger partial charge in [0.2, 0.25) is 0 Å². The van der Waals surface area contributed by atoms with Crippen LogP contribution < -0.4 is 5.73 Å². The van der Waals surface area contributed by atoms with E-state index in [0.29, 0.717) is 10.6 Å². The van der Waals surface area contributed by atoms with Crippen molar-refractivity contribution in [3.63, 3.8) is 0 Å². The van der Waals surface area contributed by atoms with Crippen LogP contribution in [0, 0.1) is 0 Å². The van der Waals surface area contributed by atoms with Gasteiger partial charge in [-0.05, 0) is 17.7 Å². The molecular formula is C9H13ClNO4P. The highest BCUT2D eigenvalue weighted by Crippen LogP contribution is 2.41. The number of nitrogens with two attached hydrogens (primary N) is 1. The second-order valence-corrected chi connectivity index (χ2v) is 5.65. The van der Waals surface area contributed by atoms with Crippen molar-refractivity contribution in [3.05, 3.63) is 34.9 Å². The van der Waals surface area contributed by atoms with E-state index in [1.54, 1.807) is 0 Å². The van der Waals surface area contributed by atoms with Gasteiger partial charge in [-0.15, -0.1) is 0 Å². The van der Waals surface area contributed by atoms with Crippen LogP contribution in [0.4, 0.5) is 0 Å². The van der Waals surface area contributed by atoms with Crippen LogP contribution in [0.25, 0.3) is 0 Å². The van der Waals surface area contributed by atoms with Gasteiger partial charge in [-0.2, -0.15) is 0 Å². The van der Waals surface area contributed by atoms with Crippen molar-refractivity contribution in [1.29, 1.82) is 0 Å². The summed E-state index contributed by atoms with van der Waals surface area (Å²) in [6.45, 7) is -0.278. The number of hydrogen-bond donors (Lipinski definition) is 4. The summed E-state index contributed by atoms with van der Waals surface area (Å²) in [5, 5.41) is 10.5. The molecule has 1 unspecified atom stereocenters. The number of rotatable bonds is 4. The van der Waals surface area contributed by atoms with Crippen molar-refractivity contribution in [3.8, 4) is 0 Å². The minimum Gasteiger partial charge on any atom is -0.383 e. The monoisotopic (exact) mass is 265 g/mol. The molecule has 1 aromatic carbocycles. The molecular weight excluding hydrogens is 253 g/mol. The predicted molar refractivity (Wildman–Crippen MR) is 61.3 cm³/mol. The average Bonchev–Trinajstić information content (AvgIpc) is 2.16. The Kier molecular flexibility index (Phi) is 4.12. The van der Waals surface area contributed by atoms with Gasteiger partial charge in [0.1, 0.15) is 5.60 Å². The molecule has 0 heterocycles. The van der Waals surface area contributed by atoms with Gasteiger partial charge in [-0.1, -0.05) is 23.7 Å². The second-order valence-electron chi connectivity index (χ2n) is 3.57. The average molecular weight is 266 g/mol. The van der Waals surface area contributed by atoms with Crippen molar-refractivity contribution in [2.45, 2.75) is 5.60 Å². The fraction of sp³-hybridized carbons (Fsp3) is 0.333. The molecule has 1 atom stereocenters.